The number of methoxy groups -OCH3 is 1. The minimum atomic E-state index is 0.756. The zero-order valence-electron chi connectivity index (χ0n) is 12.9. The SMILES string of the molecule is CCNC(=NCCCOC)NCCc1ccc(C)cc1. The Balaban J connectivity index is 2.32. The smallest absolute Gasteiger partial charge is 0.191 e. The molecule has 1 aromatic carbocycles. The van der Waals surface area contributed by atoms with E-state index in [1.165, 1.54) is 11.1 Å². The molecule has 0 fully saturated rings. The highest BCUT2D eigenvalue weighted by Crippen LogP contribution is 2.02. The van der Waals surface area contributed by atoms with Crippen molar-refractivity contribution < 1.29 is 4.74 Å². The molecule has 0 radical (unpaired) electrons. The number of benzene rings is 1. The molecule has 0 spiro atoms. The summed E-state index contributed by atoms with van der Waals surface area (Å²) in [6.07, 6.45) is 1.95. The fourth-order valence-corrected chi connectivity index (χ4v) is 1.82. The number of rotatable bonds is 8. The zero-order chi connectivity index (χ0) is 14.6. The maximum Gasteiger partial charge on any atom is 0.191 e. The lowest BCUT2D eigenvalue weighted by Gasteiger charge is -2.11. The van der Waals surface area contributed by atoms with Crippen molar-refractivity contribution in [2.45, 2.75) is 26.7 Å². The Labute approximate surface area is 122 Å². The highest BCUT2D eigenvalue weighted by Gasteiger charge is 1.97. The van der Waals surface area contributed by atoms with Gasteiger partial charge in [-0.2, -0.15) is 0 Å². The molecule has 1 aromatic rings. The first-order chi connectivity index (χ1) is 9.76. The van der Waals surface area contributed by atoms with Gasteiger partial charge in [-0.15, -0.1) is 0 Å². The van der Waals surface area contributed by atoms with E-state index in [4.69, 9.17) is 4.74 Å². The first-order valence-corrected chi connectivity index (χ1v) is 7.33. The van der Waals surface area contributed by atoms with Gasteiger partial charge in [0.1, 0.15) is 0 Å². The van der Waals surface area contributed by atoms with E-state index in [1.54, 1.807) is 7.11 Å². The van der Waals surface area contributed by atoms with Crippen LogP contribution in [0.15, 0.2) is 29.3 Å². The molecule has 0 saturated heterocycles. The van der Waals surface area contributed by atoms with E-state index in [0.717, 1.165) is 45.0 Å². The summed E-state index contributed by atoms with van der Waals surface area (Å²) < 4.78 is 5.02. The molecule has 20 heavy (non-hydrogen) atoms. The van der Waals surface area contributed by atoms with E-state index in [0.29, 0.717) is 0 Å². The molecule has 2 N–H and O–H groups in total. The van der Waals surface area contributed by atoms with Crippen LogP contribution in [0.25, 0.3) is 0 Å². The second-order valence-electron chi connectivity index (χ2n) is 4.77. The molecule has 0 bridgehead atoms. The van der Waals surface area contributed by atoms with Crippen LogP contribution >= 0.6 is 0 Å². The molecule has 0 atom stereocenters. The molecule has 0 aliphatic carbocycles. The molecule has 112 valence electrons. The second kappa shape index (κ2) is 10.3. The summed E-state index contributed by atoms with van der Waals surface area (Å²) in [6, 6.07) is 8.66. The van der Waals surface area contributed by atoms with Crippen LogP contribution in [0.3, 0.4) is 0 Å². The van der Waals surface area contributed by atoms with Crippen LogP contribution in [-0.4, -0.2) is 39.3 Å². The van der Waals surface area contributed by atoms with Crippen LogP contribution in [0.1, 0.15) is 24.5 Å². The third kappa shape index (κ3) is 7.14. The molecule has 0 unspecified atom stereocenters. The second-order valence-corrected chi connectivity index (χ2v) is 4.77. The number of aliphatic imine (C=N–C) groups is 1. The summed E-state index contributed by atoms with van der Waals surface area (Å²) in [4.78, 5) is 4.51. The Hall–Kier alpha value is -1.55. The molecule has 4 nitrogen and oxygen atoms in total. The van der Waals surface area contributed by atoms with Crippen LogP contribution in [0.5, 0.6) is 0 Å². The van der Waals surface area contributed by atoms with E-state index >= 15 is 0 Å². The highest BCUT2D eigenvalue weighted by molar-refractivity contribution is 5.79. The summed E-state index contributed by atoms with van der Waals surface area (Å²) in [5.41, 5.74) is 2.65. The van der Waals surface area contributed by atoms with Crippen LogP contribution < -0.4 is 10.6 Å². The minimum absolute atomic E-state index is 0.756. The average Bonchev–Trinajstić information content (AvgIpc) is 2.45. The van der Waals surface area contributed by atoms with Gasteiger partial charge < -0.3 is 15.4 Å². The zero-order valence-corrected chi connectivity index (χ0v) is 12.9. The van der Waals surface area contributed by atoms with Crippen LogP contribution in [-0.2, 0) is 11.2 Å². The minimum Gasteiger partial charge on any atom is -0.385 e. The standard InChI is InChI=1S/C16H27N3O/c1-4-17-16(18-11-5-13-20-3)19-12-10-15-8-6-14(2)7-9-15/h6-9H,4-5,10-13H2,1-3H3,(H2,17,18,19). The quantitative estimate of drug-likeness (QED) is 0.435. The van der Waals surface area contributed by atoms with Gasteiger partial charge in [-0.1, -0.05) is 29.8 Å². The van der Waals surface area contributed by atoms with Gasteiger partial charge in [-0.3, -0.25) is 4.99 Å². The number of nitrogens with one attached hydrogen (secondary N) is 2. The Kier molecular flexibility index (Phi) is 8.47. The summed E-state index contributed by atoms with van der Waals surface area (Å²) in [7, 11) is 1.72. The van der Waals surface area contributed by atoms with Crippen LogP contribution in [0.4, 0.5) is 0 Å². The first-order valence-electron chi connectivity index (χ1n) is 7.33. The number of nitrogens with zero attached hydrogens (tertiary/aromatic N) is 1. The Morgan fingerprint density at radius 1 is 1.20 bits per heavy atom. The first kappa shape index (κ1) is 16.5. The third-order valence-electron chi connectivity index (χ3n) is 2.95. The lowest BCUT2D eigenvalue weighted by Crippen LogP contribution is -2.38. The molecule has 4 heteroatoms. The topological polar surface area (TPSA) is 45.7 Å². The number of guanidine groups is 1. The number of ether oxygens (including phenoxy) is 1. The van der Waals surface area contributed by atoms with E-state index < -0.39 is 0 Å². The molecule has 0 saturated carbocycles. The van der Waals surface area contributed by atoms with Crippen molar-refractivity contribution in [3.63, 3.8) is 0 Å². The Morgan fingerprint density at radius 3 is 2.60 bits per heavy atom. The molecular weight excluding hydrogens is 250 g/mol. The number of hydrogen-bond acceptors (Lipinski definition) is 2. The van der Waals surface area contributed by atoms with Gasteiger partial charge in [0, 0.05) is 33.4 Å². The van der Waals surface area contributed by atoms with Crippen molar-refractivity contribution in [3.8, 4) is 0 Å². The fraction of sp³-hybridized carbons (Fsp3) is 0.562. The van der Waals surface area contributed by atoms with Crippen molar-refractivity contribution in [1.82, 2.24) is 10.6 Å². The van der Waals surface area contributed by atoms with Gasteiger partial charge in [0.15, 0.2) is 5.96 Å². The lowest BCUT2D eigenvalue weighted by molar-refractivity contribution is 0.197. The number of aryl methyl sites for hydroxylation is 1. The molecule has 0 aliphatic rings. The van der Waals surface area contributed by atoms with Crippen molar-refractivity contribution in [3.05, 3.63) is 35.4 Å². The Bertz CT molecular complexity index is 387. The molecular formula is C16H27N3O. The van der Waals surface area contributed by atoms with E-state index in [9.17, 15) is 0 Å². The number of hydrogen-bond donors (Lipinski definition) is 2. The van der Waals surface area contributed by atoms with Gasteiger partial charge in [0.05, 0.1) is 0 Å². The summed E-state index contributed by atoms with van der Waals surface area (Å²) in [6.45, 7) is 7.49. The van der Waals surface area contributed by atoms with Gasteiger partial charge in [0.25, 0.3) is 0 Å². The monoisotopic (exact) mass is 277 g/mol. The molecule has 0 amide bonds. The van der Waals surface area contributed by atoms with Gasteiger partial charge in [0.2, 0.25) is 0 Å². The molecule has 0 aromatic heterocycles. The van der Waals surface area contributed by atoms with Crippen molar-refractivity contribution in [2.75, 3.05) is 33.4 Å². The van der Waals surface area contributed by atoms with Gasteiger partial charge in [-0.05, 0) is 32.3 Å². The third-order valence-corrected chi connectivity index (χ3v) is 2.95. The summed E-state index contributed by atoms with van der Waals surface area (Å²) in [5, 5.41) is 6.61. The maximum atomic E-state index is 5.02. The van der Waals surface area contributed by atoms with Crippen LogP contribution in [0, 0.1) is 6.92 Å². The molecule has 1 rings (SSSR count). The largest absolute Gasteiger partial charge is 0.385 e. The van der Waals surface area contributed by atoms with Gasteiger partial charge in [-0.25, -0.2) is 0 Å². The predicted molar refractivity (Wildman–Crippen MR) is 85.4 cm³/mol. The van der Waals surface area contributed by atoms with Crippen molar-refractivity contribution in [2.24, 2.45) is 4.99 Å². The van der Waals surface area contributed by atoms with E-state index in [2.05, 4.69) is 53.7 Å². The molecule has 0 aliphatic heterocycles. The normalized spacial score (nSPS) is 11.4. The maximum absolute atomic E-state index is 5.02. The van der Waals surface area contributed by atoms with Crippen molar-refractivity contribution >= 4 is 5.96 Å². The van der Waals surface area contributed by atoms with Crippen LogP contribution in [0.2, 0.25) is 0 Å². The highest BCUT2D eigenvalue weighted by atomic mass is 16.5. The Morgan fingerprint density at radius 2 is 1.95 bits per heavy atom. The lowest BCUT2D eigenvalue weighted by atomic mass is 10.1. The fourth-order valence-electron chi connectivity index (χ4n) is 1.82. The van der Waals surface area contributed by atoms with Crippen molar-refractivity contribution in [1.29, 1.82) is 0 Å². The average molecular weight is 277 g/mol. The van der Waals surface area contributed by atoms with Gasteiger partial charge >= 0.3 is 0 Å². The summed E-state index contributed by atoms with van der Waals surface area (Å²) >= 11 is 0. The molecule has 0 heterocycles. The van der Waals surface area contributed by atoms with E-state index in [-0.39, 0.29) is 0 Å². The predicted octanol–water partition coefficient (Wildman–Crippen LogP) is 2.13. The summed E-state index contributed by atoms with van der Waals surface area (Å²) in [5.74, 6) is 0.885. The van der Waals surface area contributed by atoms with E-state index in [1.807, 2.05) is 0 Å².